The van der Waals surface area contributed by atoms with Crippen LogP contribution < -0.4 is 9.47 Å². The number of halogens is 2. The number of carbonyl (C=O) groups is 4. The molecule has 0 spiro atoms. The van der Waals surface area contributed by atoms with Gasteiger partial charge in [0, 0.05) is 43.3 Å². The number of benzene rings is 4. The fraction of sp³-hybridized carbons (Fsp3) is 0.158. The van der Waals surface area contributed by atoms with Gasteiger partial charge in [-0.05, 0) is 97.8 Å². The zero-order valence-electron chi connectivity index (χ0n) is 27.5. The third-order valence-corrected chi connectivity index (χ3v) is 8.83. The molecule has 0 aliphatic rings. The second-order valence-corrected chi connectivity index (χ2v) is 12.1. The Morgan fingerprint density at radius 2 is 0.920 bits per heavy atom. The minimum Gasteiger partial charge on any atom is -0.496 e. The number of hydrogen-bond acceptors (Lipinski definition) is 6. The van der Waals surface area contributed by atoms with Crippen LogP contribution >= 0.6 is 23.2 Å². The van der Waals surface area contributed by atoms with E-state index in [4.69, 9.17) is 32.7 Å². The maximum atomic E-state index is 13.0. The highest BCUT2D eigenvalue weighted by atomic mass is 35.5. The molecule has 4 aromatic carbocycles. The summed E-state index contributed by atoms with van der Waals surface area (Å²) in [5.41, 5.74) is 4.48. The summed E-state index contributed by atoms with van der Waals surface area (Å²) in [4.78, 5) is 48.6. The smallest absolute Gasteiger partial charge is 0.307 e. The predicted octanol–water partition coefficient (Wildman–Crippen LogP) is 7.85. The van der Waals surface area contributed by atoms with Crippen molar-refractivity contribution in [1.82, 2.24) is 9.13 Å². The monoisotopic (exact) mass is 714 g/mol. The first-order chi connectivity index (χ1) is 23.9. The summed E-state index contributed by atoms with van der Waals surface area (Å²) in [5, 5.41) is 20.9. The standard InChI is InChI=1S/2C19H16ClNO4/c2*1-11-14(10-17(22)23)18-15(4-3-5-16(18)25-2)21(11)19(24)12-6-8-13(20)9-7-12/h2*3-9H,10H2,1-2H3,(H,22,23). The Labute approximate surface area is 297 Å². The lowest BCUT2D eigenvalue weighted by molar-refractivity contribution is -0.137. The van der Waals surface area contributed by atoms with Gasteiger partial charge in [-0.25, -0.2) is 0 Å². The van der Waals surface area contributed by atoms with E-state index in [2.05, 4.69) is 0 Å². The van der Waals surface area contributed by atoms with Gasteiger partial charge in [0.2, 0.25) is 0 Å². The predicted molar refractivity (Wildman–Crippen MR) is 191 cm³/mol. The van der Waals surface area contributed by atoms with Crippen LogP contribution in [0.2, 0.25) is 10.0 Å². The second kappa shape index (κ2) is 14.9. The SMILES string of the molecule is COc1cccc2c1c(CC(=O)O)c(C)n2C(=O)c1ccc(Cl)cc1.COc1cccc2c1c(CC(=O)O)c(C)n2C(=O)c1ccc(Cl)cc1. The number of ether oxygens (including phenoxy) is 2. The molecule has 0 aliphatic heterocycles. The fourth-order valence-electron chi connectivity index (χ4n) is 6.05. The second-order valence-electron chi connectivity index (χ2n) is 11.3. The van der Waals surface area contributed by atoms with Crippen LogP contribution in [0.15, 0.2) is 84.9 Å². The van der Waals surface area contributed by atoms with Crippen molar-refractivity contribution in [3.63, 3.8) is 0 Å². The molecule has 2 aromatic heterocycles. The van der Waals surface area contributed by atoms with E-state index in [1.165, 1.54) is 23.4 Å². The van der Waals surface area contributed by atoms with Crippen LogP contribution in [0.1, 0.15) is 43.2 Å². The number of methoxy groups -OCH3 is 2. The topological polar surface area (TPSA) is 137 Å². The fourth-order valence-corrected chi connectivity index (χ4v) is 6.31. The van der Waals surface area contributed by atoms with Gasteiger partial charge in [0.05, 0.1) is 38.1 Å². The molecule has 12 heteroatoms. The van der Waals surface area contributed by atoms with Crippen LogP contribution in [0.25, 0.3) is 21.8 Å². The highest BCUT2D eigenvalue weighted by molar-refractivity contribution is 6.31. The van der Waals surface area contributed by atoms with Gasteiger partial charge >= 0.3 is 11.9 Å². The molecule has 0 fully saturated rings. The Morgan fingerprint density at radius 1 is 0.580 bits per heavy atom. The van der Waals surface area contributed by atoms with Crippen LogP contribution in [0, 0.1) is 13.8 Å². The Bertz CT molecular complexity index is 2110. The van der Waals surface area contributed by atoms with E-state index in [1.54, 1.807) is 98.8 Å². The molecule has 0 saturated carbocycles. The summed E-state index contributed by atoms with van der Waals surface area (Å²) in [5.74, 6) is -1.34. The lowest BCUT2D eigenvalue weighted by Gasteiger charge is -2.08. The molecular weight excluding hydrogens is 683 g/mol. The zero-order chi connectivity index (χ0) is 36.3. The summed E-state index contributed by atoms with van der Waals surface area (Å²) in [6.07, 6.45) is -0.382. The quantitative estimate of drug-likeness (QED) is 0.163. The van der Waals surface area contributed by atoms with E-state index in [0.717, 1.165) is 0 Å². The van der Waals surface area contributed by atoms with E-state index in [9.17, 15) is 29.4 Å². The Hall–Kier alpha value is -5.58. The molecule has 0 atom stereocenters. The normalized spacial score (nSPS) is 10.8. The summed E-state index contributed by atoms with van der Waals surface area (Å²) in [6.45, 7) is 3.48. The minimum atomic E-state index is -0.966. The van der Waals surface area contributed by atoms with E-state index in [-0.39, 0.29) is 24.7 Å². The molecular formula is C38H32Cl2N2O8. The average molecular weight is 716 g/mol. The lowest BCUT2D eigenvalue weighted by Crippen LogP contribution is -2.14. The Balaban J connectivity index is 0.000000194. The van der Waals surface area contributed by atoms with Crippen molar-refractivity contribution >= 4 is 68.8 Å². The van der Waals surface area contributed by atoms with Gasteiger partial charge in [-0.1, -0.05) is 35.3 Å². The zero-order valence-corrected chi connectivity index (χ0v) is 29.0. The minimum absolute atomic E-state index is 0.191. The van der Waals surface area contributed by atoms with Crippen LogP contribution in [-0.4, -0.2) is 57.3 Å². The van der Waals surface area contributed by atoms with Gasteiger partial charge in [-0.15, -0.1) is 0 Å². The highest BCUT2D eigenvalue weighted by Gasteiger charge is 2.25. The number of carboxylic acid groups (broad SMARTS) is 2. The summed E-state index contributed by atoms with van der Waals surface area (Å²) < 4.78 is 13.8. The summed E-state index contributed by atoms with van der Waals surface area (Å²) in [6, 6.07) is 23.8. The van der Waals surface area contributed by atoms with Crippen LogP contribution in [-0.2, 0) is 22.4 Å². The van der Waals surface area contributed by atoms with Crippen molar-refractivity contribution in [2.24, 2.45) is 0 Å². The van der Waals surface area contributed by atoms with Crippen LogP contribution in [0.3, 0.4) is 0 Å². The number of aliphatic carboxylic acids is 2. The molecule has 6 rings (SSSR count). The van der Waals surface area contributed by atoms with E-state index >= 15 is 0 Å². The molecule has 0 amide bonds. The Morgan fingerprint density at radius 3 is 1.22 bits per heavy atom. The van der Waals surface area contributed by atoms with Gasteiger partial charge in [-0.3, -0.25) is 28.3 Å². The molecule has 2 heterocycles. The summed E-state index contributed by atoms with van der Waals surface area (Å²) >= 11 is 11.8. The molecule has 0 bridgehead atoms. The number of aromatic nitrogens is 2. The molecule has 6 aromatic rings. The number of fused-ring (bicyclic) bond motifs is 2. The number of carbonyl (C=O) groups excluding carboxylic acids is 2. The Kier molecular flexibility index (Phi) is 10.6. The van der Waals surface area contributed by atoms with E-state index in [0.29, 0.717) is 77.0 Å². The largest absolute Gasteiger partial charge is 0.496 e. The first-order valence-electron chi connectivity index (χ1n) is 15.3. The highest BCUT2D eigenvalue weighted by Crippen LogP contribution is 2.36. The van der Waals surface area contributed by atoms with Crippen molar-refractivity contribution in [2.75, 3.05) is 14.2 Å². The lowest BCUT2D eigenvalue weighted by atomic mass is 10.1. The van der Waals surface area contributed by atoms with Crippen molar-refractivity contribution in [3.8, 4) is 11.5 Å². The number of nitrogens with zero attached hydrogens (tertiary/aromatic N) is 2. The van der Waals surface area contributed by atoms with Crippen LogP contribution in [0.5, 0.6) is 11.5 Å². The van der Waals surface area contributed by atoms with E-state index < -0.39 is 11.9 Å². The van der Waals surface area contributed by atoms with Crippen molar-refractivity contribution in [2.45, 2.75) is 26.7 Å². The maximum Gasteiger partial charge on any atom is 0.307 e. The van der Waals surface area contributed by atoms with Gasteiger partial charge in [0.25, 0.3) is 11.8 Å². The average Bonchev–Trinajstić information content (AvgIpc) is 3.53. The summed E-state index contributed by atoms with van der Waals surface area (Å²) in [7, 11) is 3.04. The third-order valence-electron chi connectivity index (χ3n) is 8.32. The van der Waals surface area contributed by atoms with Crippen LogP contribution in [0.4, 0.5) is 0 Å². The first-order valence-corrected chi connectivity index (χ1v) is 16.0. The van der Waals surface area contributed by atoms with Gasteiger partial charge in [0.15, 0.2) is 0 Å². The van der Waals surface area contributed by atoms with Gasteiger partial charge < -0.3 is 19.7 Å². The third kappa shape index (κ3) is 6.94. The van der Waals surface area contributed by atoms with Crippen molar-refractivity contribution in [3.05, 3.63) is 129 Å². The van der Waals surface area contributed by atoms with Gasteiger partial charge in [-0.2, -0.15) is 0 Å². The molecule has 50 heavy (non-hydrogen) atoms. The molecule has 10 nitrogen and oxygen atoms in total. The molecule has 256 valence electrons. The number of hydrogen-bond donors (Lipinski definition) is 2. The van der Waals surface area contributed by atoms with E-state index in [1.807, 2.05) is 0 Å². The van der Waals surface area contributed by atoms with Crippen molar-refractivity contribution in [1.29, 1.82) is 0 Å². The van der Waals surface area contributed by atoms with Crippen molar-refractivity contribution < 1.29 is 38.9 Å². The molecule has 0 unspecified atom stereocenters. The van der Waals surface area contributed by atoms with Gasteiger partial charge in [0.1, 0.15) is 11.5 Å². The number of rotatable bonds is 8. The number of carboxylic acids is 2. The maximum absolute atomic E-state index is 13.0. The molecule has 0 saturated heterocycles. The molecule has 0 aliphatic carbocycles. The molecule has 2 N–H and O–H groups in total. The molecule has 0 radical (unpaired) electrons. The first kappa shape index (κ1) is 35.7.